The highest BCUT2D eigenvalue weighted by atomic mass is 16.6. The van der Waals surface area contributed by atoms with E-state index in [0.717, 1.165) is 6.07 Å². The summed E-state index contributed by atoms with van der Waals surface area (Å²) in [5.41, 5.74) is 0.714. The number of benzene rings is 2. The average Bonchev–Trinajstić information content (AvgIpc) is 2.48. The van der Waals surface area contributed by atoms with Gasteiger partial charge in [0.05, 0.1) is 15.9 Å². The fourth-order valence-corrected chi connectivity index (χ4v) is 1.58. The molecule has 0 radical (unpaired) electrons. The van der Waals surface area contributed by atoms with Crippen LogP contribution < -0.4 is 0 Å². The molecule has 0 saturated carbocycles. The fourth-order valence-electron chi connectivity index (χ4n) is 1.58. The zero-order valence-corrected chi connectivity index (χ0v) is 12.2. The van der Waals surface area contributed by atoms with Crippen LogP contribution in [0.5, 0.6) is 5.75 Å². The van der Waals surface area contributed by atoms with Crippen LogP contribution >= 0.6 is 0 Å². The van der Waals surface area contributed by atoms with Gasteiger partial charge in [-0.3, -0.25) is 20.2 Å². The molecule has 0 unspecified atom stereocenters. The van der Waals surface area contributed by atoms with Crippen molar-refractivity contribution in [1.29, 1.82) is 0 Å². The normalized spacial score (nSPS) is 9.77. The van der Waals surface area contributed by atoms with E-state index in [9.17, 15) is 20.2 Å². The quantitative estimate of drug-likeness (QED) is 0.680. The zero-order chi connectivity index (χ0) is 16.7. The van der Waals surface area contributed by atoms with Crippen LogP contribution in [0, 0.1) is 20.2 Å². The molecule has 1 N–H and O–H groups in total. The van der Waals surface area contributed by atoms with Gasteiger partial charge in [0.15, 0.2) is 0 Å². The van der Waals surface area contributed by atoms with Crippen LogP contribution in [0.4, 0.5) is 11.4 Å². The van der Waals surface area contributed by atoms with Gasteiger partial charge in [-0.1, -0.05) is 26.0 Å². The van der Waals surface area contributed by atoms with E-state index in [1.807, 2.05) is 12.1 Å². The summed E-state index contributed by atoms with van der Waals surface area (Å²) in [6, 6.07) is 11.9. The van der Waals surface area contributed by atoms with E-state index in [-0.39, 0.29) is 11.4 Å². The van der Waals surface area contributed by atoms with Crippen molar-refractivity contribution in [3.63, 3.8) is 0 Å². The molecule has 116 valence electrons. The molecule has 0 atom stereocenters. The third-order valence-electron chi connectivity index (χ3n) is 2.81. The van der Waals surface area contributed by atoms with E-state index < -0.39 is 9.85 Å². The minimum Gasteiger partial charge on any atom is -0.508 e. The van der Waals surface area contributed by atoms with Crippen molar-refractivity contribution in [3.05, 3.63) is 74.3 Å². The van der Waals surface area contributed by atoms with E-state index in [0.29, 0.717) is 11.7 Å². The van der Waals surface area contributed by atoms with Crippen molar-refractivity contribution in [2.45, 2.75) is 19.8 Å². The first-order valence-corrected chi connectivity index (χ1v) is 6.49. The van der Waals surface area contributed by atoms with Gasteiger partial charge in [-0.15, -0.1) is 0 Å². The fraction of sp³-hybridized carbons (Fsp3) is 0.200. The van der Waals surface area contributed by atoms with Gasteiger partial charge < -0.3 is 5.11 Å². The average molecular weight is 304 g/mol. The second-order valence-corrected chi connectivity index (χ2v) is 4.78. The van der Waals surface area contributed by atoms with Crippen molar-refractivity contribution in [2.24, 2.45) is 0 Å². The van der Waals surface area contributed by atoms with Crippen molar-refractivity contribution < 1.29 is 15.0 Å². The first-order chi connectivity index (χ1) is 10.3. The molecule has 7 nitrogen and oxygen atoms in total. The molecule has 0 saturated heterocycles. The lowest BCUT2D eigenvalue weighted by atomic mass is 10.0. The summed E-state index contributed by atoms with van der Waals surface area (Å²) in [6.45, 7) is 4.26. The van der Waals surface area contributed by atoms with Crippen molar-refractivity contribution in [3.8, 4) is 5.75 Å². The summed E-state index contributed by atoms with van der Waals surface area (Å²) >= 11 is 0. The molecule has 0 bridgehead atoms. The molecule has 0 fully saturated rings. The Morgan fingerprint density at radius 3 is 1.73 bits per heavy atom. The lowest BCUT2D eigenvalue weighted by Gasteiger charge is -2.03. The molecule has 0 aromatic heterocycles. The number of phenols is 1. The lowest BCUT2D eigenvalue weighted by molar-refractivity contribution is -0.394. The van der Waals surface area contributed by atoms with Crippen LogP contribution in [-0.2, 0) is 0 Å². The van der Waals surface area contributed by atoms with Gasteiger partial charge in [0.1, 0.15) is 5.75 Å². The van der Waals surface area contributed by atoms with E-state index in [1.165, 1.54) is 23.8 Å². The van der Waals surface area contributed by atoms with Crippen LogP contribution in [0.15, 0.2) is 48.5 Å². The summed E-state index contributed by atoms with van der Waals surface area (Å²) in [5, 5.41) is 29.3. The van der Waals surface area contributed by atoms with Crippen molar-refractivity contribution in [1.82, 2.24) is 0 Å². The maximum Gasteiger partial charge on any atom is 0.276 e. The second kappa shape index (κ2) is 7.72. The van der Waals surface area contributed by atoms with E-state index >= 15 is 0 Å². The lowest BCUT2D eigenvalue weighted by Crippen LogP contribution is -1.91. The monoisotopic (exact) mass is 304 g/mol. The van der Waals surface area contributed by atoms with Crippen molar-refractivity contribution >= 4 is 11.4 Å². The maximum atomic E-state index is 10.2. The SMILES string of the molecule is CC(C)c1ccc(O)cc1.O=[N+]([O-])c1cccc([N+](=O)[O-])c1. The largest absolute Gasteiger partial charge is 0.508 e. The second-order valence-electron chi connectivity index (χ2n) is 4.78. The van der Waals surface area contributed by atoms with Gasteiger partial charge in [0.25, 0.3) is 11.4 Å². The zero-order valence-electron chi connectivity index (χ0n) is 12.2. The molecular weight excluding hydrogens is 288 g/mol. The predicted octanol–water partition coefficient (Wildman–Crippen LogP) is 4.02. The van der Waals surface area contributed by atoms with E-state index in [2.05, 4.69) is 13.8 Å². The van der Waals surface area contributed by atoms with E-state index in [1.54, 1.807) is 12.1 Å². The van der Waals surface area contributed by atoms with Crippen LogP contribution in [0.1, 0.15) is 25.3 Å². The summed E-state index contributed by atoms with van der Waals surface area (Å²) < 4.78 is 0. The number of hydrogen-bond donors (Lipinski definition) is 1. The summed E-state index contributed by atoms with van der Waals surface area (Å²) in [7, 11) is 0. The molecule has 2 aromatic rings. The number of nitro groups is 2. The summed E-state index contributed by atoms with van der Waals surface area (Å²) in [6.07, 6.45) is 0. The Bertz CT molecular complexity index is 624. The molecule has 0 aliphatic heterocycles. The predicted molar refractivity (Wildman–Crippen MR) is 81.9 cm³/mol. The number of phenolic OH excluding ortho intramolecular Hbond substituents is 1. The van der Waals surface area contributed by atoms with Gasteiger partial charge in [0.2, 0.25) is 0 Å². The number of aromatic hydroxyl groups is 1. The molecule has 0 aliphatic rings. The Labute approximate surface area is 127 Å². The number of rotatable bonds is 3. The minimum atomic E-state index is -0.674. The molecule has 0 heterocycles. The Kier molecular flexibility index (Phi) is 6.00. The molecule has 0 spiro atoms. The van der Waals surface area contributed by atoms with Gasteiger partial charge >= 0.3 is 0 Å². The molecule has 0 amide bonds. The topological polar surface area (TPSA) is 107 Å². The van der Waals surface area contributed by atoms with Crippen LogP contribution in [-0.4, -0.2) is 15.0 Å². The smallest absolute Gasteiger partial charge is 0.276 e. The highest BCUT2D eigenvalue weighted by Gasteiger charge is 2.11. The number of hydrogen-bond acceptors (Lipinski definition) is 5. The van der Waals surface area contributed by atoms with Gasteiger partial charge in [0, 0.05) is 12.1 Å². The third kappa shape index (κ3) is 5.20. The Morgan fingerprint density at radius 2 is 1.36 bits per heavy atom. The summed E-state index contributed by atoms with van der Waals surface area (Å²) in [5.74, 6) is 0.880. The highest BCUT2D eigenvalue weighted by molar-refractivity contribution is 5.42. The van der Waals surface area contributed by atoms with Crippen LogP contribution in [0.2, 0.25) is 0 Å². The van der Waals surface area contributed by atoms with E-state index in [4.69, 9.17) is 5.11 Å². The first kappa shape index (κ1) is 17.1. The number of non-ortho nitro benzene ring substituents is 2. The molecule has 22 heavy (non-hydrogen) atoms. The Balaban J connectivity index is 0.000000224. The first-order valence-electron chi connectivity index (χ1n) is 6.49. The number of nitro benzene ring substituents is 2. The maximum absolute atomic E-state index is 10.2. The Hall–Kier alpha value is -2.96. The van der Waals surface area contributed by atoms with Crippen LogP contribution in [0.3, 0.4) is 0 Å². The number of nitrogens with zero attached hydrogens (tertiary/aromatic N) is 2. The third-order valence-corrected chi connectivity index (χ3v) is 2.81. The van der Waals surface area contributed by atoms with Gasteiger partial charge in [-0.25, -0.2) is 0 Å². The Morgan fingerprint density at radius 1 is 0.909 bits per heavy atom. The standard InChI is InChI=1S/C9H12O.C6H4N2O4/c1-7(2)8-3-5-9(10)6-4-8;9-7(10)5-2-1-3-6(4-5)8(11)12/h3-7,10H,1-2H3;1-4H. The minimum absolute atomic E-state index is 0.274. The molecule has 2 rings (SSSR count). The van der Waals surface area contributed by atoms with Crippen molar-refractivity contribution in [2.75, 3.05) is 0 Å². The van der Waals surface area contributed by atoms with Gasteiger partial charge in [-0.05, 0) is 29.7 Å². The molecule has 2 aromatic carbocycles. The summed E-state index contributed by atoms with van der Waals surface area (Å²) in [4.78, 5) is 19.0. The highest BCUT2D eigenvalue weighted by Crippen LogP contribution is 2.18. The van der Waals surface area contributed by atoms with Crippen LogP contribution in [0.25, 0.3) is 0 Å². The molecular formula is C15H16N2O5. The molecule has 0 aliphatic carbocycles. The van der Waals surface area contributed by atoms with Gasteiger partial charge in [-0.2, -0.15) is 0 Å². The molecule has 7 heteroatoms.